The number of hydrogen-bond acceptors (Lipinski definition) is 6. The maximum absolute atomic E-state index is 13.8. The van der Waals surface area contributed by atoms with Crippen molar-refractivity contribution in [3.05, 3.63) is 48.0 Å². The van der Waals surface area contributed by atoms with Crippen LogP contribution in [0, 0.1) is 6.92 Å². The lowest BCUT2D eigenvalue weighted by Gasteiger charge is -2.31. The van der Waals surface area contributed by atoms with Gasteiger partial charge in [0.15, 0.2) is 0 Å². The quantitative estimate of drug-likeness (QED) is 0.600. The molecule has 0 unspecified atom stereocenters. The zero-order chi connectivity index (χ0) is 24.0. The Hall–Kier alpha value is -2.78. The predicted octanol–water partition coefficient (Wildman–Crippen LogP) is 2.81. The van der Waals surface area contributed by atoms with Crippen molar-refractivity contribution in [1.82, 2.24) is 10.2 Å². The minimum Gasteiger partial charge on any atom is -0.495 e. The van der Waals surface area contributed by atoms with E-state index in [1.807, 2.05) is 20.9 Å². The molecule has 33 heavy (non-hydrogen) atoms. The van der Waals surface area contributed by atoms with Crippen LogP contribution in [0.25, 0.3) is 0 Å². The fourth-order valence-corrected chi connectivity index (χ4v) is 5.52. The van der Waals surface area contributed by atoms with E-state index in [0.29, 0.717) is 18.0 Å². The molecule has 2 aromatic rings. The number of carbonyl (C=O) groups is 1. The van der Waals surface area contributed by atoms with E-state index in [0.717, 1.165) is 35.8 Å². The third-order valence-corrected chi connectivity index (χ3v) is 7.49. The highest BCUT2D eigenvalue weighted by molar-refractivity contribution is 7.93. The lowest BCUT2D eigenvalue weighted by molar-refractivity contribution is -0.120. The van der Waals surface area contributed by atoms with Gasteiger partial charge in [-0.15, -0.1) is 0 Å². The summed E-state index contributed by atoms with van der Waals surface area (Å²) < 4.78 is 39.5. The van der Waals surface area contributed by atoms with Crippen molar-refractivity contribution in [2.75, 3.05) is 44.7 Å². The predicted molar refractivity (Wildman–Crippen MR) is 129 cm³/mol. The molecule has 0 spiro atoms. The van der Waals surface area contributed by atoms with Gasteiger partial charge in [-0.05, 0) is 88.8 Å². The molecule has 9 heteroatoms. The van der Waals surface area contributed by atoms with Crippen LogP contribution in [0.3, 0.4) is 0 Å². The lowest BCUT2D eigenvalue weighted by Crippen LogP contribution is -2.47. The van der Waals surface area contributed by atoms with Gasteiger partial charge in [0.2, 0.25) is 5.91 Å². The van der Waals surface area contributed by atoms with Gasteiger partial charge in [-0.1, -0.05) is 6.07 Å². The summed E-state index contributed by atoms with van der Waals surface area (Å²) in [4.78, 5) is 15.2. The number of aryl methyl sites for hydroxylation is 1. The van der Waals surface area contributed by atoms with Crippen molar-refractivity contribution < 1.29 is 22.7 Å². The van der Waals surface area contributed by atoms with Gasteiger partial charge >= 0.3 is 0 Å². The molecule has 0 atom stereocenters. The first-order valence-corrected chi connectivity index (χ1v) is 12.6. The van der Waals surface area contributed by atoms with Crippen molar-refractivity contribution in [1.29, 1.82) is 0 Å². The first-order valence-electron chi connectivity index (χ1n) is 11.1. The first kappa shape index (κ1) is 24.9. The normalized spacial score (nSPS) is 15.2. The van der Waals surface area contributed by atoms with Crippen LogP contribution >= 0.6 is 0 Å². The van der Waals surface area contributed by atoms with E-state index in [1.54, 1.807) is 42.5 Å². The van der Waals surface area contributed by atoms with Gasteiger partial charge in [0, 0.05) is 6.04 Å². The van der Waals surface area contributed by atoms with Crippen molar-refractivity contribution in [2.45, 2.75) is 37.6 Å². The molecule has 3 rings (SSSR count). The average molecular weight is 476 g/mol. The van der Waals surface area contributed by atoms with E-state index < -0.39 is 10.0 Å². The first-order chi connectivity index (χ1) is 15.7. The van der Waals surface area contributed by atoms with Crippen LogP contribution in [-0.2, 0) is 14.8 Å². The van der Waals surface area contributed by atoms with Crippen molar-refractivity contribution >= 4 is 21.6 Å². The van der Waals surface area contributed by atoms with Gasteiger partial charge in [0.05, 0.1) is 19.4 Å². The molecule has 1 amide bonds. The Morgan fingerprint density at radius 2 is 1.82 bits per heavy atom. The molecule has 2 aromatic carbocycles. The molecule has 0 bridgehead atoms. The number of rotatable bonds is 9. The van der Waals surface area contributed by atoms with Gasteiger partial charge in [-0.2, -0.15) is 0 Å². The number of piperidine rings is 1. The van der Waals surface area contributed by atoms with Crippen LogP contribution in [0.1, 0.15) is 25.3 Å². The molecule has 8 nitrogen and oxygen atoms in total. The van der Waals surface area contributed by atoms with Crippen molar-refractivity contribution in [3.8, 4) is 11.5 Å². The molecular weight excluding hydrogens is 442 g/mol. The van der Waals surface area contributed by atoms with E-state index in [4.69, 9.17) is 9.47 Å². The van der Waals surface area contributed by atoms with E-state index in [-0.39, 0.29) is 29.1 Å². The summed E-state index contributed by atoms with van der Waals surface area (Å²) >= 11 is 0. The Labute approximate surface area is 196 Å². The average Bonchev–Trinajstić information content (AvgIpc) is 2.80. The highest BCUT2D eigenvalue weighted by atomic mass is 32.2. The van der Waals surface area contributed by atoms with E-state index in [9.17, 15) is 13.2 Å². The van der Waals surface area contributed by atoms with Crippen LogP contribution in [0.2, 0.25) is 0 Å². The summed E-state index contributed by atoms with van der Waals surface area (Å²) in [7, 11) is -0.613. The SMILES string of the molecule is CCOc1ccc(N(CC(=O)NC2CCN(C)CC2)S(=O)(=O)c2cc(C)ccc2OC)cc1. The Balaban J connectivity index is 1.93. The lowest BCUT2D eigenvalue weighted by atomic mass is 10.1. The minimum atomic E-state index is -4.09. The number of anilines is 1. The molecule has 1 N–H and O–H groups in total. The van der Waals surface area contributed by atoms with Crippen molar-refractivity contribution in [2.24, 2.45) is 0 Å². The number of methoxy groups -OCH3 is 1. The Bertz CT molecular complexity index is 1050. The van der Waals surface area contributed by atoms with Crippen molar-refractivity contribution in [3.63, 3.8) is 0 Å². The van der Waals surface area contributed by atoms with Gasteiger partial charge < -0.3 is 19.7 Å². The summed E-state index contributed by atoms with van der Waals surface area (Å²) in [6.07, 6.45) is 1.67. The molecule has 0 aliphatic carbocycles. The topological polar surface area (TPSA) is 88.2 Å². The summed E-state index contributed by atoms with van der Waals surface area (Å²) in [5.41, 5.74) is 1.15. The second kappa shape index (κ2) is 10.9. The third kappa shape index (κ3) is 6.17. The number of nitrogens with zero attached hydrogens (tertiary/aromatic N) is 2. The number of ether oxygens (including phenoxy) is 2. The van der Waals surface area contributed by atoms with Crippen LogP contribution in [-0.4, -0.2) is 65.7 Å². The number of nitrogens with one attached hydrogen (secondary N) is 1. The second-order valence-corrected chi connectivity index (χ2v) is 10.1. The largest absolute Gasteiger partial charge is 0.495 e. The molecule has 1 aliphatic heterocycles. The fourth-order valence-electron chi connectivity index (χ4n) is 3.85. The Morgan fingerprint density at radius 1 is 1.15 bits per heavy atom. The maximum Gasteiger partial charge on any atom is 0.268 e. The van der Waals surface area contributed by atoms with Gasteiger partial charge in [-0.25, -0.2) is 8.42 Å². The third-order valence-electron chi connectivity index (χ3n) is 5.69. The summed E-state index contributed by atoms with van der Waals surface area (Å²) in [5, 5.41) is 3.01. The molecule has 0 saturated carbocycles. The molecule has 1 aliphatic rings. The summed E-state index contributed by atoms with van der Waals surface area (Å²) in [6.45, 7) is 5.65. The second-order valence-electron chi connectivity index (χ2n) is 8.24. The molecule has 1 heterocycles. The maximum atomic E-state index is 13.8. The highest BCUT2D eigenvalue weighted by Crippen LogP contribution is 2.31. The van der Waals surface area contributed by atoms with E-state index in [1.165, 1.54) is 7.11 Å². The number of amides is 1. The van der Waals surface area contributed by atoms with Gasteiger partial charge in [-0.3, -0.25) is 9.10 Å². The number of hydrogen-bond donors (Lipinski definition) is 1. The molecule has 1 saturated heterocycles. The zero-order valence-corrected chi connectivity index (χ0v) is 20.5. The molecule has 0 aromatic heterocycles. The standard InChI is InChI=1S/C24H33N3O5S/c1-5-32-21-9-7-20(8-10-21)27(17-24(28)25-19-12-14-26(3)15-13-19)33(29,30)23-16-18(2)6-11-22(23)31-4/h6-11,16,19H,5,12-15,17H2,1-4H3,(H,25,28). The summed E-state index contributed by atoms with van der Waals surface area (Å²) in [6, 6.07) is 11.7. The number of likely N-dealkylation sites (tertiary alicyclic amines) is 1. The fraction of sp³-hybridized carbons (Fsp3) is 0.458. The Kier molecular flexibility index (Phi) is 8.20. The number of benzene rings is 2. The van der Waals surface area contributed by atoms with E-state index in [2.05, 4.69) is 10.2 Å². The van der Waals surface area contributed by atoms with Gasteiger partial charge in [0.1, 0.15) is 22.9 Å². The monoisotopic (exact) mass is 475 g/mol. The Morgan fingerprint density at radius 3 is 2.42 bits per heavy atom. The molecule has 180 valence electrons. The molecule has 1 fully saturated rings. The smallest absolute Gasteiger partial charge is 0.268 e. The number of carbonyl (C=O) groups excluding carboxylic acids is 1. The summed E-state index contributed by atoms with van der Waals surface area (Å²) in [5.74, 6) is 0.517. The number of sulfonamides is 1. The van der Waals surface area contributed by atoms with Gasteiger partial charge in [0.25, 0.3) is 10.0 Å². The molecular formula is C24H33N3O5S. The minimum absolute atomic E-state index is 0.0194. The highest BCUT2D eigenvalue weighted by Gasteiger charge is 2.31. The van der Waals surface area contributed by atoms with Crippen LogP contribution in [0.5, 0.6) is 11.5 Å². The van der Waals surface area contributed by atoms with Crippen LogP contribution in [0.4, 0.5) is 5.69 Å². The zero-order valence-electron chi connectivity index (χ0n) is 19.7. The van der Waals surface area contributed by atoms with Crippen LogP contribution in [0.15, 0.2) is 47.4 Å². The molecule has 0 radical (unpaired) electrons. The van der Waals surface area contributed by atoms with E-state index >= 15 is 0 Å². The van der Waals surface area contributed by atoms with Crippen LogP contribution < -0.4 is 19.1 Å².